The maximum absolute atomic E-state index is 12.3. The highest BCUT2D eigenvalue weighted by Crippen LogP contribution is 2.23. The van der Waals surface area contributed by atoms with Crippen LogP contribution in [0.15, 0.2) is 103 Å². The Morgan fingerprint density at radius 3 is 1.41 bits per heavy atom. The van der Waals surface area contributed by atoms with E-state index in [1.807, 2.05) is 72.8 Å². The fourth-order valence-electron chi connectivity index (χ4n) is 3.31. The summed E-state index contributed by atoms with van der Waals surface area (Å²) < 4.78 is 12.3. The summed E-state index contributed by atoms with van der Waals surface area (Å²) in [7, 11) is 0. The van der Waals surface area contributed by atoms with Crippen molar-refractivity contribution in [2.24, 2.45) is 9.98 Å². The zero-order chi connectivity index (χ0) is 23.7. The van der Waals surface area contributed by atoms with Gasteiger partial charge in [0, 0.05) is 20.1 Å². The van der Waals surface area contributed by atoms with E-state index in [1.54, 1.807) is 12.2 Å². The van der Waals surface area contributed by atoms with Crippen molar-refractivity contribution >= 4 is 67.7 Å². The molecular formula is C26H14Br2N2O4. The van der Waals surface area contributed by atoms with Gasteiger partial charge < -0.3 is 9.47 Å². The van der Waals surface area contributed by atoms with Gasteiger partial charge in [-0.25, -0.2) is 19.6 Å². The van der Waals surface area contributed by atoms with Gasteiger partial charge >= 0.3 is 11.9 Å². The van der Waals surface area contributed by atoms with E-state index >= 15 is 0 Å². The van der Waals surface area contributed by atoms with Crippen LogP contribution >= 0.6 is 31.9 Å². The average molecular weight is 578 g/mol. The molecule has 0 amide bonds. The number of hydrogen-bond acceptors (Lipinski definition) is 6. The number of benzene rings is 3. The minimum Gasteiger partial charge on any atom is -0.402 e. The molecule has 0 atom stereocenters. The highest BCUT2D eigenvalue weighted by molar-refractivity contribution is 9.10. The molecule has 2 aliphatic heterocycles. The summed E-state index contributed by atoms with van der Waals surface area (Å²) in [5.74, 6) is -0.496. The molecule has 3 aromatic rings. The van der Waals surface area contributed by atoms with E-state index in [9.17, 15) is 9.59 Å². The molecule has 0 saturated carbocycles. The van der Waals surface area contributed by atoms with E-state index in [-0.39, 0.29) is 23.2 Å². The van der Waals surface area contributed by atoms with Crippen LogP contribution < -0.4 is 0 Å². The normalized spacial score (nSPS) is 17.6. The van der Waals surface area contributed by atoms with E-state index in [0.717, 1.165) is 20.1 Å². The second kappa shape index (κ2) is 9.32. The number of aliphatic imine (C=N–C) groups is 2. The van der Waals surface area contributed by atoms with E-state index in [2.05, 4.69) is 41.8 Å². The molecule has 0 bridgehead atoms. The highest BCUT2D eigenvalue weighted by atomic mass is 79.9. The first-order chi connectivity index (χ1) is 16.4. The fourth-order valence-corrected chi connectivity index (χ4v) is 4.11. The molecule has 0 aromatic heterocycles. The highest BCUT2D eigenvalue weighted by Gasteiger charge is 2.25. The largest absolute Gasteiger partial charge is 0.402 e. The molecule has 0 aliphatic carbocycles. The molecular weight excluding hydrogens is 564 g/mol. The predicted octanol–water partition coefficient (Wildman–Crippen LogP) is 5.90. The quantitative estimate of drug-likeness (QED) is 0.286. The summed E-state index contributed by atoms with van der Waals surface area (Å²) in [4.78, 5) is 33.2. The van der Waals surface area contributed by atoms with Crippen molar-refractivity contribution < 1.29 is 19.1 Å². The summed E-state index contributed by atoms with van der Waals surface area (Å²) in [6.07, 6.45) is 3.30. The molecule has 34 heavy (non-hydrogen) atoms. The predicted molar refractivity (Wildman–Crippen MR) is 136 cm³/mol. The molecule has 6 nitrogen and oxygen atoms in total. The zero-order valence-corrected chi connectivity index (χ0v) is 20.5. The van der Waals surface area contributed by atoms with Crippen LogP contribution in [0.2, 0.25) is 0 Å². The van der Waals surface area contributed by atoms with Crippen molar-refractivity contribution in [3.63, 3.8) is 0 Å². The van der Waals surface area contributed by atoms with Crippen LogP contribution in [0.25, 0.3) is 12.2 Å². The Hall–Kier alpha value is -3.62. The first-order valence-electron chi connectivity index (χ1n) is 10.1. The molecule has 0 N–H and O–H groups in total. The standard InChI is InChI=1S/C26H14Br2N2O4/c27-19-5-1-3-17(13-19)23-29-21(25(31)33-23)11-15-7-9-16(10-8-15)12-22-26(32)34-24(30-22)18-4-2-6-20(28)14-18/h1-14H. The van der Waals surface area contributed by atoms with Crippen molar-refractivity contribution in [1.82, 2.24) is 0 Å². The first-order valence-corrected chi connectivity index (χ1v) is 11.7. The van der Waals surface area contributed by atoms with E-state index < -0.39 is 11.9 Å². The molecule has 5 rings (SSSR count). The zero-order valence-electron chi connectivity index (χ0n) is 17.4. The minimum absolute atomic E-state index is 0.212. The molecule has 0 spiro atoms. The Kier molecular flexibility index (Phi) is 6.08. The number of nitrogens with zero attached hydrogens (tertiary/aromatic N) is 2. The van der Waals surface area contributed by atoms with Gasteiger partial charge in [-0.05, 0) is 59.7 Å². The average Bonchev–Trinajstić information content (AvgIpc) is 3.37. The number of ether oxygens (including phenoxy) is 2. The molecule has 2 aliphatic rings. The number of hydrogen-bond donors (Lipinski definition) is 0. The van der Waals surface area contributed by atoms with Crippen LogP contribution in [0.4, 0.5) is 0 Å². The molecule has 0 fully saturated rings. The van der Waals surface area contributed by atoms with E-state index in [4.69, 9.17) is 9.47 Å². The van der Waals surface area contributed by atoms with Gasteiger partial charge in [-0.2, -0.15) is 0 Å². The Morgan fingerprint density at radius 2 is 1.03 bits per heavy atom. The van der Waals surface area contributed by atoms with Crippen LogP contribution in [0, 0.1) is 0 Å². The summed E-state index contributed by atoms with van der Waals surface area (Å²) >= 11 is 6.80. The third-order valence-electron chi connectivity index (χ3n) is 4.93. The maximum Gasteiger partial charge on any atom is 0.363 e. The van der Waals surface area contributed by atoms with Crippen molar-refractivity contribution in [3.05, 3.63) is 115 Å². The number of rotatable bonds is 4. The molecule has 0 unspecified atom stereocenters. The first kappa shape index (κ1) is 22.2. The molecule has 166 valence electrons. The van der Waals surface area contributed by atoms with Gasteiger partial charge in [0.2, 0.25) is 11.8 Å². The lowest BCUT2D eigenvalue weighted by molar-refractivity contribution is -0.130. The van der Waals surface area contributed by atoms with E-state index in [0.29, 0.717) is 11.1 Å². The third-order valence-corrected chi connectivity index (χ3v) is 5.91. The number of carbonyl (C=O) groups excluding carboxylic acids is 2. The summed E-state index contributed by atoms with van der Waals surface area (Å²) in [5, 5.41) is 0. The van der Waals surface area contributed by atoms with Crippen molar-refractivity contribution in [3.8, 4) is 0 Å². The maximum atomic E-state index is 12.3. The fraction of sp³-hybridized carbons (Fsp3) is 0. The van der Waals surface area contributed by atoms with Crippen LogP contribution in [-0.2, 0) is 19.1 Å². The minimum atomic E-state index is -0.510. The van der Waals surface area contributed by atoms with Gasteiger partial charge in [0.25, 0.3) is 0 Å². The van der Waals surface area contributed by atoms with E-state index in [1.165, 1.54) is 0 Å². The number of carbonyl (C=O) groups is 2. The molecule has 3 aromatic carbocycles. The molecule has 2 heterocycles. The van der Waals surface area contributed by atoms with Crippen molar-refractivity contribution in [2.75, 3.05) is 0 Å². The molecule has 8 heteroatoms. The molecule has 0 radical (unpaired) electrons. The number of halogens is 2. The van der Waals surface area contributed by atoms with Gasteiger partial charge in [0.05, 0.1) is 0 Å². The lowest BCUT2D eigenvalue weighted by Crippen LogP contribution is -2.05. The van der Waals surface area contributed by atoms with Gasteiger partial charge in [-0.15, -0.1) is 0 Å². The van der Waals surface area contributed by atoms with Crippen LogP contribution in [0.3, 0.4) is 0 Å². The number of cyclic esters (lactones) is 2. The molecule has 0 saturated heterocycles. The summed E-state index contributed by atoms with van der Waals surface area (Å²) in [5.41, 5.74) is 3.37. The smallest absolute Gasteiger partial charge is 0.363 e. The van der Waals surface area contributed by atoms with Crippen molar-refractivity contribution in [2.45, 2.75) is 0 Å². The SMILES string of the molecule is O=C1OC(c2cccc(Br)c2)=NC1=Cc1ccc(C=C2N=C(c3cccc(Br)c3)OC2=O)cc1. The topological polar surface area (TPSA) is 77.3 Å². The third kappa shape index (κ3) is 4.83. The van der Waals surface area contributed by atoms with Crippen LogP contribution in [0.1, 0.15) is 22.3 Å². The van der Waals surface area contributed by atoms with Gasteiger partial charge in [0.15, 0.2) is 11.4 Å². The second-order valence-electron chi connectivity index (χ2n) is 7.36. The lowest BCUT2D eigenvalue weighted by Gasteiger charge is -1.99. The number of esters is 2. The van der Waals surface area contributed by atoms with Gasteiger partial charge in [-0.3, -0.25) is 0 Å². The Balaban J connectivity index is 1.36. The Labute approximate surface area is 211 Å². The lowest BCUT2D eigenvalue weighted by atomic mass is 10.1. The van der Waals surface area contributed by atoms with Crippen molar-refractivity contribution in [1.29, 1.82) is 0 Å². The summed E-state index contributed by atoms with van der Waals surface area (Å²) in [6, 6.07) is 22.0. The van der Waals surface area contributed by atoms with Crippen LogP contribution in [0.5, 0.6) is 0 Å². The Bertz CT molecular complexity index is 1340. The Morgan fingerprint density at radius 1 is 0.618 bits per heavy atom. The van der Waals surface area contributed by atoms with Gasteiger partial charge in [-0.1, -0.05) is 68.3 Å². The van der Waals surface area contributed by atoms with Gasteiger partial charge in [0.1, 0.15) is 0 Å². The summed E-state index contributed by atoms with van der Waals surface area (Å²) in [6.45, 7) is 0. The second-order valence-corrected chi connectivity index (χ2v) is 9.19. The monoisotopic (exact) mass is 576 g/mol. The van der Waals surface area contributed by atoms with Crippen LogP contribution in [-0.4, -0.2) is 23.7 Å².